The number of allylic oxidation sites excluding steroid dienone is 2. The fourth-order valence-corrected chi connectivity index (χ4v) is 5.39. The summed E-state index contributed by atoms with van der Waals surface area (Å²) >= 11 is 0. The summed E-state index contributed by atoms with van der Waals surface area (Å²) in [5.41, 5.74) is 4.10. The zero-order valence-electron chi connectivity index (χ0n) is 20.8. The van der Waals surface area contributed by atoms with E-state index in [1.165, 1.54) is 4.90 Å². The van der Waals surface area contributed by atoms with Crippen molar-refractivity contribution in [2.75, 3.05) is 0 Å². The van der Waals surface area contributed by atoms with E-state index in [9.17, 15) is 14.4 Å². The molecular weight excluding hydrogens is 452 g/mol. The molecule has 7 heteroatoms. The van der Waals surface area contributed by atoms with Gasteiger partial charge in [-0.1, -0.05) is 62.4 Å². The minimum Gasteiger partial charge on any atom is -0.350 e. The fourth-order valence-electron chi connectivity index (χ4n) is 5.39. The minimum atomic E-state index is -0.781. The molecule has 1 fully saturated rings. The summed E-state index contributed by atoms with van der Waals surface area (Å²) in [6.45, 7) is 5.01. The number of likely N-dealkylation sites (tertiary alicyclic amines) is 1. The molecule has 36 heavy (non-hydrogen) atoms. The summed E-state index contributed by atoms with van der Waals surface area (Å²) in [5.74, 6) is -1.19. The van der Waals surface area contributed by atoms with Crippen molar-refractivity contribution in [3.63, 3.8) is 0 Å². The summed E-state index contributed by atoms with van der Waals surface area (Å²) in [5, 5.41) is 3.00. The lowest BCUT2D eigenvalue weighted by Crippen LogP contribution is -2.50. The Morgan fingerprint density at radius 1 is 1.00 bits per heavy atom. The molecule has 5 rings (SSSR count). The molecule has 7 nitrogen and oxygen atoms in total. The molecule has 1 aromatic heterocycles. The van der Waals surface area contributed by atoms with Gasteiger partial charge < -0.3 is 9.88 Å². The molecule has 0 bridgehead atoms. The third kappa shape index (κ3) is 4.70. The van der Waals surface area contributed by atoms with E-state index in [0.717, 1.165) is 22.2 Å². The van der Waals surface area contributed by atoms with Crippen molar-refractivity contribution in [2.45, 2.75) is 52.2 Å². The van der Waals surface area contributed by atoms with Crippen molar-refractivity contribution in [3.05, 3.63) is 78.1 Å². The van der Waals surface area contributed by atoms with Gasteiger partial charge in [-0.2, -0.15) is 0 Å². The van der Waals surface area contributed by atoms with Gasteiger partial charge in [0.15, 0.2) is 0 Å². The minimum absolute atomic E-state index is 0.162. The molecule has 1 aliphatic carbocycles. The highest BCUT2D eigenvalue weighted by atomic mass is 16.2. The third-order valence-electron chi connectivity index (χ3n) is 7.19. The van der Waals surface area contributed by atoms with Crippen LogP contribution in [0.1, 0.15) is 44.2 Å². The van der Waals surface area contributed by atoms with Crippen molar-refractivity contribution in [1.82, 2.24) is 19.8 Å². The first-order valence-electron chi connectivity index (χ1n) is 12.7. The second kappa shape index (κ2) is 10.1. The van der Waals surface area contributed by atoms with E-state index in [-0.39, 0.29) is 35.5 Å². The van der Waals surface area contributed by atoms with E-state index in [4.69, 9.17) is 0 Å². The Morgan fingerprint density at radius 3 is 2.42 bits per heavy atom. The predicted molar refractivity (Wildman–Crippen MR) is 138 cm³/mol. The summed E-state index contributed by atoms with van der Waals surface area (Å²) in [4.78, 5) is 45.3. The number of aromatic nitrogens is 2. The lowest BCUT2D eigenvalue weighted by molar-refractivity contribution is -0.148. The number of hydrogen-bond acceptors (Lipinski definition) is 4. The van der Waals surface area contributed by atoms with Crippen LogP contribution in [-0.2, 0) is 27.5 Å². The molecule has 1 saturated heterocycles. The maximum Gasteiger partial charge on any atom is 0.243 e. The van der Waals surface area contributed by atoms with Crippen molar-refractivity contribution in [1.29, 1.82) is 0 Å². The highest BCUT2D eigenvalue weighted by molar-refractivity contribution is 6.08. The van der Waals surface area contributed by atoms with Crippen LogP contribution >= 0.6 is 0 Å². The van der Waals surface area contributed by atoms with Gasteiger partial charge in [0.05, 0.1) is 29.2 Å². The lowest BCUT2D eigenvalue weighted by Gasteiger charge is -2.27. The number of imide groups is 1. The van der Waals surface area contributed by atoms with Gasteiger partial charge in [-0.3, -0.25) is 19.3 Å². The van der Waals surface area contributed by atoms with Gasteiger partial charge in [-0.25, -0.2) is 4.98 Å². The molecule has 0 radical (unpaired) electrons. The molecule has 3 atom stereocenters. The molecular formula is C29H32N4O3. The summed E-state index contributed by atoms with van der Waals surface area (Å²) in [6, 6.07) is 15.3. The monoisotopic (exact) mass is 484 g/mol. The number of carbonyl (C=O) groups is 3. The first kappa shape index (κ1) is 24.0. The summed E-state index contributed by atoms with van der Waals surface area (Å²) < 4.78 is 2.10. The molecule has 2 heterocycles. The highest BCUT2D eigenvalue weighted by Crippen LogP contribution is 2.37. The highest BCUT2D eigenvalue weighted by Gasteiger charge is 2.51. The van der Waals surface area contributed by atoms with E-state index in [0.29, 0.717) is 32.4 Å². The van der Waals surface area contributed by atoms with Crippen LogP contribution in [0, 0.1) is 17.8 Å². The van der Waals surface area contributed by atoms with Gasteiger partial charge in [-0.15, -0.1) is 0 Å². The largest absolute Gasteiger partial charge is 0.350 e. The number of fused-ring (bicyclic) bond motifs is 2. The average Bonchev–Trinajstić information content (AvgIpc) is 3.40. The molecule has 0 saturated carbocycles. The molecule has 3 aromatic rings. The summed E-state index contributed by atoms with van der Waals surface area (Å²) in [6.07, 6.45) is 7.36. The SMILES string of the molecule is CC(C)CC(C(=O)NCc1cccc(Cn2cnc3ccccc32)c1)N1C(=O)C2CC=CCC2C1=O. The zero-order chi connectivity index (χ0) is 25.2. The molecule has 186 valence electrons. The quantitative estimate of drug-likeness (QED) is 0.386. The van der Waals surface area contributed by atoms with Crippen molar-refractivity contribution in [3.8, 4) is 0 Å². The Morgan fingerprint density at radius 2 is 1.69 bits per heavy atom. The number of rotatable bonds is 8. The van der Waals surface area contributed by atoms with Gasteiger partial charge in [0.2, 0.25) is 17.7 Å². The first-order valence-corrected chi connectivity index (χ1v) is 12.7. The zero-order valence-corrected chi connectivity index (χ0v) is 20.8. The van der Waals surface area contributed by atoms with Crippen LogP contribution < -0.4 is 5.32 Å². The van der Waals surface area contributed by atoms with Crippen molar-refractivity contribution < 1.29 is 14.4 Å². The van der Waals surface area contributed by atoms with Crippen molar-refractivity contribution >= 4 is 28.8 Å². The van der Waals surface area contributed by atoms with Crippen LogP contribution in [0.25, 0.3) is 11.0 Å². The molecule has 3 amide bonds. The van der Waals surface area contributed by atoms with Crippen molar-refractivity contribution in [2.24, 2.45) is 17.8 Å². The number of hydrogen-bond donors (Lipinski definition) is 1. The Balaban J connectivity index is 1.28. The molecule has 1 aliphatic heterocycles. The Kier molecular flexibility index (Phi) is 6.72. The fraction of sp³-hybridized carbons (Fsp3) is 0.379. The average molecular weight is 485 g/mol. The molecule has 1 N–H and O–H groups in total. The van der Waals surface area contributed by atoms with Crippen LogP contribution in [0.2, 0.25) is 0 Å². The molecule has 2 aliphatic rings. The number of nitrogens with one attached hydrogen (secondary N) is 1. The number of para-hydroxylation sites is 2. The topological polar surface area (TPSA) is 84.3 Å². The van der Waals surface area contributed by atoms with E-state index in [1.807, 2.05) is 62.7 Å². The second-order valence-electron chi connectivity index (χ2n) is 10.2. The number of carbonyl (C=O) groups excluding carboxylic acids is 3. The van der Waals surface area contributed by atoms with Crippen LogP contribution in [0.15, 0.2) is 67.0 Å². The smallest absolute Gasteiger partial charge is 0.243 e. The Labute approximate surface area is 211 Å². The van der Waals surface area contributed by atoms with Crippen LogP contribution in [0.3, 0.4) is 0 Å². The molecule has 2 aromatic carbocycles. The van der Waals surface area contributed by atoms with Gasteiger partial charge in [-0.05, 0) is 48.4 Å². The second-order valence-corrected chi connectivity index (χ2v) is 10.2. The molecule has 0 spiro atoms. The van der Waals surface area contributed by atoms with Gasteiger partial charge in [0.25, 0.3) is 0 Å². The van der Waals surface area contributed by atoms with Gasteiger partial charge >= 0.3 is 0 Å². The first-order chi connectivity index (χ1) is 17.4. The standard InChI is InChI=1S/C29H32N4O3/c1-19(2)14-26(33-28(35)22-10-3-4-11-23(22)29(33)36)27(34)30-16-20-8-7-9-21(15-20)17-32-18-31-24-12-5-6-13-25(24)32/h3-9,12-13,15,18-19,22-23,26H,10-11,14,16-17H2,1-2H3,(H,30,34). The lowest BCUT2D eigenvalue weighted by atomic mass is 9.85. The summed E-state index contributed by atoms with van der Waals surface area (Å²) in [7, 11) is 0. The van der Waals surface area contributed by atoms with E-state index >= 15 is 0 Å². The van der Waals surface area contributed by atoms with E-state index in [1.54, 1.807) is 0 Å². The maximum atomic E-state index is 13.3. The van der Waals surface area contributed by atoms with Crippen LogP contribution in [0.4, 0.5) is 0 Å². The van der Waals surface area contributed by atoms with E-state index < -0.39 is 6.04 Å². The van der Waals surface area contributed by atoms with Gasteiger partial charge in [0, 0.05) is 13.1 Å². The normalized spacial score (nSPS) is 20.2. The Hall–Kier alpha value is -3.74. The van der Waals surface area contributed by atoms with Crippen LogP contribution in [-0.4, -0.2) is 38.2 Å². The van der Waals surface area contributed by atoms with Gasteiger partial charge in [0.1, 0.15) is 6.04 Å². The maximum absolute atomic E-state index is 13.3. The molecule has 3 unspecified atom stereocenters. The number of nitrogens with zero attached hydrogens (tertiary/aromatic N) is 3. The number of imidazole rings is 1. The predicted octanol–water partition coefficient (Wildman–Crippen LogP) is 4.07. The number of benzene rings is 2. The third-order valence-corrected chi connectivity index (χ3v) is 7.19. The van der Waals surface area contributed by atoms with E-state index in [2.05, 4.69) is 33.1 Å². The Bertz CT molecular complexity index is 1300. The van der Waals surface area contributed by atoms with Crippen LogP contribution in [0.5, 0.6) is 0 Å². The number of amides is 3.